The first-order valence-corrected chi connectivity index (χ1v) is 17.8. The first-order valence-electron chi connectivity index (χ1n) is 16.9. The molecule has 1 aromatic heterocycles. The van der Waals surface area contributed by atoms with Crippen LogP contribution in [0.15, 0.2) is 47.8 Å². The number of hydrogen-bond acceptors (Lipinski definition) is 8. The second kappa shape index (κ2) is 15.6. The molecule has 2 aliphatic heterocycles. The summed E-state index contributed by atoms with van der Waals surface area (Å²) in [6, 6.07) is 12.9. The average Bonchev–Trinajstić information content (AvgIpc) is 3.73. The molecule has 3 fully saturated rings. The fourth-order valence-corrected chi connectivity index (χ4v) is 8.31. The van der Waals surface area contributed by atoms with Crippen molar-refractivity contribution in [1.29, 1.82) is 0 Å². The number of anilines is 1. The maximum atomic E-state index is 13.9. The number of methoxy groups -OCH3 is 1. The summed E-state index contributed by atoms with van der Waals surface area (Å²) < 4.78 is 51.9. The number of carbonyl (C=O) groups excluding carboxylic acids is 3. The lowest BCUT2D eigenvalue weighted by Crippen LogP contribution is -2.52. The number of nitrogens with one attached hydrogen (secondary N) is 1. The van der Waals surface area contributed by atoms with Gasteiger partial charge in [-0.2, -0.15) is 13.2 Å². The maximum absolute atomic E-state index is 13.9. The van der Waals surface area contributed by atoms with Crippen LogP contribution in [0.4, 0.5) is 18.9 Å². The monoisotopic (exact) mass is 700 g/mol. The number of ether oxygens (including phenoxy) is 2. The van der Waals surface area contributed by atoms with Crippen LogP contribution in [-0.2, 0) is 20.7 Å². The number of likely N-dealkylation sites (tertiary alicyclic amines) is 1. The van der Waals surface area contributed by atoms with Crippen LogP contribution in [0.1, 0.15) is 48.0 Å². The third-order valence-electron chi connectivity index (χ3n) is 10.1. The standard InChI is InChI=1S/C36H43F3N4O5S/c1-47-32-16-25(8-11-31(32)40-35(46)30-22-49-33-5-3-2-4-29(30)33)17-34(45)43-19-26(42-14-12-41(13-15-42)23-36(37,38)39)18-27(43)21-48-28-9-6-24(20-44)7-10-28/h2-5,8,11,16,20,22,24,26-28H,6-7,9-10,12-15,17-19,21,23H2,1H3,(H,40,46)/t24?,26-,27-,28?/m0/s1. The van der Waals surface area contributed by atoms with Gasteiger partial charge >= 0.3 is 6.18 Å². The number of alkyl halides is 3. The number of carbonyl (C=O) groups is 3. The highest BCUT2D eigenvalue weighted by atomic mass is 32.1. The van der Waals surface area contributed by atoms with E-state index < -0.39 is 12.7 Å². The smallest absolute Gasteiger partial charge is 0.401 e. The van der Waals surface area contributed by atoms with Gasteiger partial charge in [-0.15, -0.1) is 11.3 Å². The number of nitrogens with zero attached hydrogens (tertiary/aromatic N) is 3. The molecule has 0 unspecified atom stereocenters. The normalized spacial score (nSPS) is 23.9. The minimum atomic E-state index is -4.22. The highest BCUT2D eigenvalue weighted by molar-refractivity contribution is 7.17. The van der Waals surface area contributed by atoms with Crippen LogP contribution < -0.4 is 10.1 Å². The predicted molar refractivity (Wildman–Crippen MR) is 182 cm³/mol. The molecular formula is C36H43F3N4O5S. The van der Waals surface area contributed by atoms with Gasteiger partial charge in [-0.3, -0.25) is 19.4 Å². The molecule has 3 aliphatic rings. The molecule has 2 amide bonds. The third kappa shape index (κ3) is 8.80. The van der Waals surface area contributed by atoms with Crippen LogP contribution in [0.25, 0.3) is 10.1 Å². The highest BCUT2D eigenvalue weighted by Crippen LogP contribution is 2.32. The molecule has 1 saturated carbocycles. The summed E-state index contributed by atoms with van der Waals surface area (Å²) in [7, 11) is 1.52. The van der Waals surface area contributed by atoms with E-state index in [9.17, 15) is 27.6 Å². The Morgan fingerprint density at radius 2 is 1.80 bits per heavy atom. The molecule has 3 aromatic rings. The molecule has 264 valence electrons. The molecule has 49 heavy (non-hydrogen) atoms. The minimum Gasteiger partial charge on any atom is -0.495 e. The van der Waals surface area contributed by atoms with Crippen molar-refractivity contribution in [2.24, 2.45) is 5.92 Å². The lowest BCUT2D eigenvalue weighted by molar-refractivity contribution is -0.150. The molecule has 0 bridgehead atoms. The summed E-state index contributed by atoms with van der Waals surface area (Å²) in [6.07, 6.45) is 0.846. The molecule has 2 atom stereocenters. The van der Waals surface area contributed by atoms with Crippen LogP contribution in [0.2, 0.25) is 0 Å². The molecule has 1 aliphatic carbocycles. The lowest BCUT2D eigenvalue weighted by Gasteiger charge is -2.38. The Bertz CT molecular complexity index is 1620. The van der Waals surface area contributed by atoms with Gasteiger partial charge in [0.2, 0.25) is 5.91 Å². The largest absolute Gasteiger partial charge is 0.495 e. The van der Waals surface area contributed by atoms with Crippen LogP contribution >= 0.6 is 11.3 Å². The molecular weight excluding hydrogens is 657 g/mol. The zero-order valence-electron chi connectivity index (χ0n) is 27.6. The van der Waals surface area contributed by atoms with E-state index in [1.54, 1.807) is 12.1 Å². The average molecular weight is 701 g/mol. The van der Waals surface area contributed by atoms with Crippen molar-refractivity contribution >= 4 is 45.2 Å². The number of halogens is 3. The number of aldehydes is 1. The van der Waals surface area contributed by atoms with E-state index in [0.29, 0.717) is 62.8 Å². The van der Waals surface area contributed by atoms with Crippen molar-refractivity contribution in [3.05, 3.63) is 59.0 Å². The van der Waals surface area contributed by atoms with E-state index in [2.05, 4.69) is 10.2 Å². The van der Waals surface area contributed by atoms with Gasteiger partial charge in [-0.1, -0.05) is 24.3 Å². The van der Waals surface area contributed by atoms with Gasteiger partial charge < -0.3 is 24.5 Å². The van der Waals surface area contributed by atoms with E-state index in [-0.39, 0.29) is 42.3 Å². The minimum absolute atomic E-state index is 0.0247. The topological polar surface area (TPSA) is 91.4 Å². The maximum Gasteiger partial charge on any atom is 0.401 e. The quantitative estimate of drug-likeness (QED) is 0.260. The van der Waals surface area contributed by atoms with Gasteiger partial charge in [0.25, 0.3) is 5.91 Å². The fraction of sp³-hybridized carbons (Fsp3) is 0.528. The van der Waals surface area contributed by atoms with Crippen LogP contribution in [0.5, 0.6) is 5.75 Å². The number of fused-ring (bicyclic) bond motifs is 1. The van der Waals surface area contributed by atoms with Crippen molar-refractivity contribution in [1.82, 2.24) is 14.7 Å². The number of piperazine rings is 1. The van der Waals surface area contributed by atoms with Crippen molar-refractivity contribution in [2.75, 3.05) is 58.3 Å². The Balaban J connectivity index is 1.11. The second-order valence-corrected chi connectivity index (χ2v) is 14.2. The first-order chi connectivity index (χ1) is 23.6. The van der Waals surface area contributed by atoms with E-state index in [0.717, 1.165) is 47.6 Å². The number of thiophene rings is 1. The third-order valence-corrected chi connectivity index (χ3v) is 11.0. The van der Waals surface area contributed by atoms with Crippen LogP contribution in [-0.4, -0.2) is 110 Å². The Morgan fingerprint density at radius 1 is 1.04 bits per heavy atom. The zero-order valence-corrected chi connectivity index (χ0v) is 28.4. The Labute approximate surface area is 288 Å². The molecule has 2 aromatic carbocycles. The van der Waals surface area contributed by atoms with E-state index in [1.807, 2.05) is 40.6 Å². The van der Waals surface area contributed by atoms with Crippen molar-refractivity contribution in [3.63, 3.8) is 0 Å². The molecule has 0 spiro atoms. The number of amides is 2. The number of benzene rings is 2. The molecule has 3 heterocycles. The van der Waals surface area contributed by atoms with E-state index >= 15 is 0 Å². The van der Waals surface area contributed by atoms with E-state index in [4.69, 9.17) is 9.47 Å². The summed E-state index contributed by atoms with van der Waals surface area (Å²) in [5.41, 5.74) is 1.81. The Hall–Kier alpha value is -3.52. The van der Waals surface area contributed by atoms with Gasteiger partial charge in [-0.05, 0) is 55.9 Å². The predicted octanol–water partition coefficient (Wildman–Crippen LogP) is 5.63. The lowest BCUT2D eigenvalue weighted by atomic mass is 9.88. The summed E-state index contributed by atoms with van der Waals surface area (Å²) in [5.74, 6) is 0.210. The van der Waals surface area contributed by atoms with Crippen molar-refractivity contribution in [2.45, 2.75) is 62.9 Å². The van der Waals surface area contributed by atoms with Gasteiger partial charge in [0, 0.05) is 60.1 Å². The fourth-order valence-electron chi connectivity index (χ4n) is 7.37. The van der Waals surface area contributed by atoms with Crippen LogP contribution in [0, 0.1) is 5.92 Å². The zero-order chi connectivity index (χ0) is 34.5. The molecule has 13 heteroatoms. The molecule has 2 saturated heterocycles. The summed E-state index contributed by atoms with van der Waals surface area (Å²) in [5, 5.41) is 5.67. The summed E-state index contributed by atoms with van der Waals surface area (Å²) in [6.45, 7) is 1.62. The van der Waals surface area contributed by atoms with Crippen molar-refractivity contribution < 1.29 is 37.0 Å². The SMILES string of the molecule is COc1cc(CC(=O)N2C[C@@H](N3CCN(CC(F)(F)F)CC3)C[C@H]2COC2CCC(C=O)CC2)ccc1NC(=O)c1csc2ccccc12. The van der Waals surface area contributed by atoms with Gasteiger partial charge in [0.05, 0.1) is 50.1 Å². The molecule has 1 N–H and O–H groups in total. The number of hydrogen-bond donors (Lipinski definition) is 1. The molecule has 9 nitrogen and oxygen atoms in total. The van der Waals surface area contributed by atoms with Gasteiger partial charge in [0.15, 0.2) is 0 Å². The molecule has 0 radical (unpaired) electrons. The Kier molecular flexibility index (Phi) is 11.2. The number of rotatable bonds is 11. The van der Waals surface area contributed by atoms with Gasteiger partial charge in [-0.25, -0.2) is 0 Å². The first kappa shape index (κ1) is 35.3. The second-order valence-electron chi connectivity index (χ2n) is 13.3. The van der Waals surface area contributed by atoms with E-state index in [1.165, 1.54) is 23.3 Å². The Morgan fingerprint density at radius 3 is 2.51 bits per heavy atom. The highest BCUT2D eigenvalue weighted by Gasteiger charge is 2.40. The summed E-state index contributed by atoms with van der Waals surface area (Å²) in [4.78, 5) is 43.8. The van der Waals surface area contributed by atoms with Gasteiger partial charge in [0.1, 0.15) is 12.0 Å². The summed E-state index contributed by atoms with van der Waals surface area (Å²) >= 11 is 1.51. The van der Waals surface area contributed by atoms with Crippen molar-refractivity contribution in [3.8, 4) is 5.75 Å². The molecule has 6 rings (SSSR count). The van der Waals surface area contributed by atoms with Crippen LogP contribution in [0.3, 0.4) is 0 Å².